The highest BCUT2D eigenvalue weighted by molar-refractivity contribution is 6.31. The van der Waals surface area contributed by atoms with E-state index in [-0.39, 0.29) is 23.3 Å². The van der Waals surface area contributed by atoms with E-state index in [9.17, 15) is 18.0 Å². The molecule has 0 saturated heterocycles. The summed E-state index contributed by atoms with van der Waals surface area (Å²) in [6.07, 6.45) is -0.613. The normalized spacial score (nSPS) is 19.5. The molecule has 33 heavy (non-hydrogen) atoms. The fourth-order valence-electron chi connectivity index (χ4n) is 3.86. The van der Waals surface area contributed by atoms with Crippen LogP contribution in [0.4, 0.5) is 19.0 Å². The van der Waals surface area contributed by atoms with Crippen molar-refractivity contribution in [3.05, 3.63) is 58.6 Å². The monoisotopic (exact) mass is 477 g/mol. The Kier molecular flexibility index (Phi) is 6.60. The van der Waals surface area contributed by atoms with Crippen molar-refractivity contribution in [2.24, 2.45) is 10.9 Å². The predicted octanol–water partition coefficient (Wildman–Crippen LogP) is 6.01. The van der Waals surface area contributed by atoms with Crippen LogP contribution < -0.4 is 10.6 Å². The number of amides is 1. The number of H-pyrrole nitrogens is 1. The van der Waals surface area contributed by atoms with Gasteiger partial charge in [-0.05, 0) is 68.0 Å². The van der Waals surface area contributed by atoms with Gasteiger partial charge in [-0.1, -0.05) is 24.6 Å². The van der Waals surface area contributed by atoms with Crippen molar-refractivity contribution in [1.29, 1.82) is 0 Å². The Balaban J connectivity index is 1.61. The topological polar surface area (TPSA) is 82.2 Å². The van der Waals surface area contributed by atoms with Crippen LogP contribution >= 0.6 is 11.6 Å². The molecular formula is C23H23ClF3N5O. The van der Waals surface area contributed by atoms with Gasteiger partial charge in [0, 0.05) is 16.0 Å². The summed E-state index contributed by atoms with van der Waals surface area (Å²) in [6, 6.07) is 9.85. The van der Waals surface area contributed by atoms with Crippen LogP contribution in [0.1, 0.15) is 48.5 Å². The Hall–Kier alpha value is -3.07. The molecule has 0 bridgehead atoms. The number of benzene rings is 2. The summed E-state index contributed by atoms with van der Waals surface area (Å²) in [5.74, 6) is 0.681. The van der Waals surface area contributed by atoms with E-state index in [2.05, 4.69) is 27.8 Å². The van der Waals surface area contributed by atoms with Crippen LogP contribution in [0.2, 0.25) is 5.02 Å². The van der Waals surface area contributed by atoms with E-state index >= 15 is 0 Å². The highest BCUT2D eigenvalue weighted by Gasteiger charge is 2.31. The zero-order chi connectivity index (χ0) is 23.6. The second kappa shape index (κ2) is 9.43. The minimum absolute atomic E-state index is 0.0189. The minimum Gasteiger partial charge on any atom is -0.309 e. The molecule has 0 aliphatic heterocycles. The van der Waals surface area contributed by atoms with Crippen LogP contribution in [-0.4, -0.2) is 28.1 Å². The van der Waals surface area contributed by atoms with Gasteiger partial charge in [0.2, 0.25) is 5.96 Å². The number of hydrogen-bond donors (Lipinski definition) is 3. The molecule has 0 radical (unpaired) electrons. The van der Waals surface area contributed by atoms with Gasteiger partial charge in [-0.2, -0.15) is 18.3 Å². The lowest BCUT2D eigenvalue weighted by molar-refractivity contribution is -0.137. The number of aromatic amines is 1. The van der Waals surface area contributed by atoms with E-state index in [1.165, 1.54) is 6.07 Å². The van der Waals surface area contributed by atoms with Gasteiger partial charge in [-0.25, -0.2) is 4.99 Å². The summed E-state index contributed by atoms with van der Waals surface area (Å²) in [7, 11) is 0. The van der Waals surface area contributed by atoms with Gasteiger partial charge in [-0.3, -0.25) is 15.2 Å². The smallest absolute Gasteiger partial charge is 0.309 e. The molecule has 1 fully saturated rings. The van der Waals surface area contributed by atoms with E-state index in [0.717, 1.165) is 37.8 Å². The third kappa shape index (κ3) is 5.65. The van der Waals surface area contributed by atoms with Gasteiger partial charge < -0.3 is 5.32 Å². The molecule has 4 rings (SSSR count). The number of carbonyl (C=O) groups is 1. The second-order valence-electron chi connectivity index (χ2n) is 8.31. The zero-order valence-electron chi connectivity index (χ0n) is 17.8. The van der Waals surface area contributed by atoms with Gasteiger partial charge in [0.1, 0.15) is 0 Å². The van der Waals surface area contributed by atoms with Gasteiger partial charge >= 0.3 is 6.18 Å². The molecule has 10 heteroatoms. The van der Waals surface area contributed by atoms with E-state index in [1.807, 2.05) is 0 Å². The van der Waals surface area contributed by atoms with Crippen molar-refractivity contribution >= 4 is 40.2 Å². The molecule has 2 aromatic carbocycles. The van der Waals surface area contributed by atoms with Crippen molar-refractivity contribution < 1.29 is 18.0 Å². The largest absolute Gasteiger partial charge is 0.416 e. The number of guanidine groups is 1. The fourth-order valence-corrected chi connectivity index (χ4v) is 4.05. The number of nitrogens with one attached hydrogen (secondary N) is 3. The number of fused-ring (bicyclic) bond motifs is 1. The molecular weight excluding hydrogens is 455 g/mol. The average Bonchev–Trinajstić information content (AvgIpc) is 3.16. The summed E-state index contributed by atoms with van der Waals surface area (Å²) in [6.45, 7) is 2.20. The van der Waals surface area contributed by atoms with Gasteiger partial charge in [0.15, 0.2) is 5.82 Å². The third-order valence-electron chi connectivity index (χ3n) is 5.74. The first-order chi connectivity index (χ1) is 15.7. The van der Waals surface area contributed by atoms with E-state index in [0.29, 0.717) is 21.9 Å². The number of rotatable bonds is 3. The Morgan fingerprint density at radius 3 is 2.61 bits per heavy atom. The zero-order valence-corrected chi connectivity index (χ0v) is 18.6. The highest BCUT2D eigenvalue weighted by Crippen LogP contribution is 2.32. The van der Waals surface area contributed by atoms with Gasteiger partial charge in [-0.15, -0.1) is 0 Å². The van der Waals surface area contributed by atoms with Gasteiger partial charge in [0.05, 0.1) is 17.1 Å². The standard InChI is InChI=1S/C23H23ClF3N5O/c1-13-5-8-17(9-6-13)28-22(30-21(33)14-3-2-4-16(24)11-14)29-20-18-10-7-15(23(25,26)27)12-19(18)31-32-20/h2-4,7,10-13,17H,5-6,8-9H2,1H3,(H3,28,29,30,31,32,33). The lowest BCUT2D eigenvalue weighted by Crippen LogP contribution is -2.37. The minimum atomic E-state index is -4.46. The lowest BCUT2D eigenvalue weighted by Gasteiger charge is -2.24. The van der Waals surface area contributed by atoms with Crippen molar-refractivity contribution in [3.8, 4) is 0 Å². The summed E-state index contributed by atoms with van der Waals surface area (Å²) >= 11 is 6.00. The molecule has 0 unspecified atom stereocenters. The van der Waals surface area contributed by atoms with Crippen molar-refractivity contribution in [1.82, 2.24) is 15.5 Å². The number of anilines is 1. The van der Waals surface area contributed by atoms with Crippen molar-refractivity contribution in [2.75, 3.05) is 5.32 Å². The first-order valence-corrected chi connectivity index (χ1v) is 11.0. The molecule has 1 aliphatic carbocycles. The maximum absolute atomic E-state index is 13.0. The summed E-state index contributed by atoms with van der Waals surface area (Å²) < 4.78 is 39.1. The first-order valence-electron chi connectivity index (χ1n) is 10.7. The quantitative estimate of drug-likeness (QED) is 0.319. The number of halogens is 4. The van der Waals surface area contributed by atoms with Crippen LogP contribution in [0, 0.1) is 5.92 Å². The Bertz CT molecular complexity index is 1180. The third-order valence-corrected chi connectivity index (χ3v) is 5.98. The number of nitrogens with zero attached hydrogens (tertiary/aromatic N) is 2. The molecule has 0 spiro atoms. The maximum atomic E-state index is 13.0. The second-order valence-corrected chi connectivity index (χ2v) is 8.75. The average molecular weight is 478 g/mol. The lowest BCUT2D eigenvalue weighted by atomic mass is 9.88. The Morgan fingerprint density at radius 2 is 1.91 bits per heavy atom. The molecule has 3 N–H and O–H groups in total. The van der Waals surface area contributed by atoms with Crippen LogP contribution in [0.15, 0.2) is 47.5 Å². The molecule has 1 heterocycles. The number of hydrogen-bond acceptors (Lipinski definition) is 3. The fraction of sp³-hybridized carbons (Fsp3) is 0.348. The molecule has 1 aliphatic rings. The van der Waals surface area contributed by atoms with Gasteiger partial charge in [0.25, 0.3) is 5.91 Å². The van der Waals surface area contributed by atoms with Crippen LogP contribution in [0.3, 0.4) is 0 Å². The molecule has 0 atom stereocenters. The SMILES string of the molecule is CC1CCC(N=C(NC(=O)c2cccc(Cl)c2)Nc2n[nH]c3cc(C(F)(F)F)ccc23)CC1. The van der Waals surface area contributed by atoms with E-state index in [4.69, 9.17) is 16.6 Å². The molecule has 6 nitrogen and oxygen atoms in total. The molecule has 1 saturated carbocycles. The molecule has 1 aromatic heterocycles. The molecule has 174 valence electrons. The highest BCUT2D eigenvalue weighted by atomic mass is 35.5. The summed E-state index contributed by atoms with van der Waals surface area (Å²) in [5.41, 5.74) is -0.194. The van der Waals surface area contributed by atoms with E-state index < -0.39 is 17.6 Å². The summed E-state index contributed by atoms with van der Waals surface area (Å²) in [4.78, 5) is 17.5. The molecule has 1 amide bonds. The Morgan fingerprint density at radius 1 is 1.15 bits per heavy atom. The maximum Gasteiger partial charge on any atom is 0.416 e. The summed E-state index contributed by atoms with van der Waals surface area (Å²) in [5, 5.41) is 13.3. The number of aromatic nitrogens is 2. The Labute approximate surface area is 193 Å². The van der Waals surface area contributed by atoms with Crippen molar-refractivity contribution in [2.45, 2.75) is 44.8 Å². The number of aliphatic imine (C=N–C) groups is 1. The first kappa shape index (κ1) is 23.1. The van der Waals surface area contributed by atoms with Crippen LogP contribution in [0.5, 0.6) is 0 Å². The van der Waals surface area contributed by atoms with Crippen molar-refractivity contribution in [3.63, 3.8) is 0 Å². The van der Waals surface area contributed by atoms with E-state index in [1.54, 1.807) is 24.3 Å². The van der Waals surface area contributed by atoms with Crippen LogP contribution in [0.25, 0.3) is 10.9 Å². The van der Waals surface area contributed by atoms with Crippen LogP contribution in [-0.2, 0) is 6.18 Å². The number of carbonyl (C=O) groups excluding carboxylic acids is 1. The predicted molar refractivity (Wildman–Crippen MR) is 122 cm³/mol. The number of alkyl halides is 3. The molecule has 3 aromatic rings.